The van der Waals surface area contributed by atoms with Crippen molar-refractivity contribution < 1.29 is 14.0 Å². The number of nitrogens with zero attached hydrogens (tertiary/aromatic N) is 2. The monoisotopic (exact) mass is 279 g/mol. The topological polar surface area (TPSA) is 66.6 Å². The summed E-state index contributed by atoms with van der Waals surface area (Å²) >= 11 is 0. The van der Waals surface area contributed by atoms with Crippen LogP contribution in [0.2, 0.25) is 0 Å². The molecule has 6 heteroatoms. The Kier molecular flexibility index (Phi) is 4.34. The van der Waals surface area contributed by atoms with E-state index >= 15 is 0 Å². The zero-order valence-corrected chi connectivity index (χ0v) is 11.4. The second-order valence-electron chi connectivity index (χ2n) is 5.01. The highest BCUT2D eigenvalue weighted by atomic mass is 19.1. The summed E-state index contributed by atoms with van der Waals surface area (Å²) in [5.74, 6) is -1.02. The first kappa shape index (κ1) is 14.5. The number of primary amides is 1. The third-order valence-corrected chi connectivity index (χ3v) is 3.63. The number of nitrogens with two attached hydrogens (primary N) is 1. The van der Waals surface area contributed by atoms with Gasteiger partial charge in [0, 0.05) is 19.6 Å². The minimum absolute atomic E-state index is 0.00185. The standard InChI is InChI=1S/C14H18FN3O2/c1-17-6-7-18(9-12(17)14(16)20)13(19)8-10-4-2-3-5-11(10)15/h2-5,12H,6-9H2,1H3,(H2,16,20)/t12-/m1/s1. The van der Waals surface area contributed by atoms with Crippen LogP contribution in [0.1, 0.15) is 5.56 Å². The number of likely N-dealkylation sites (N-methyl/N-ethyl adjacent to an activating group) is 1. The average Bonchev–Trinajstić information content (AvgIpc) is 2.41. The van der Waals surface area contributed by atoms with Gasteiger partial charge in [-0.1, -0.05) is 18.2 Å². The molecule has 20 heavy (non-hydrogen) atoms. The van der Waals surface area contributed by atoms with E-state index in [1.165, 1.54) is 6.07 Å². The highest BCUT2D eigenvalue weighted by Crippen LogP contribution is 2.12. The number of carbonyl (C=O) groups excluding carboxylic acids is 2. The van der Waals surface area contributed by atoms with Crippen molar-refractivity contribution in [1.82, 2.24) is 9.80 Å². The van der Waals surface area contributed by atoms with Gasteiger partial charge < -0.3 is 10.6 Å². The number of carbonyl (C=O) groups is 2. The number of halogens is 1. The molecule has 108 valence electrons. The van der Waals surface area contributed by atoms with Crippen LogP contribution in [0, 0.1) is 5.82 Å². The van der Waals surface area contributed by atoms with Crippen LogP contribution in [0.4, 0.5) is 4.39 Å². The predicted molar refractivity (Wildman–Crippen MR) is 72.3 cm³/mol. The van der Waals surface area contributed by atoms with Crippen molar-refractivity contribution in [2.45, 2.75) is 12.5 Å². The molecule has 1 aromatic carbocycles. The Morgan fingerprint density at radius 2 is 2.05 bits per heavy atom. The molecule has 0 aliphatic carbocycles. The molecule has 1 atom stereocenters. The third-order valence-electron chi connectivity index (χ3n) is 3.63. The van der Waals surface area contributed by atoms with Gasteiger partial charge in [-0.05, 0) is 18.7 Å². The summed E-state index contributed by atoms with van der Waals surface area (Å²) in [5, 5.41) is 0. The molecule has 2 amide bonds. The first-order chi connectivity index (χ1) is 9.49. The van der Waals surface area contributed by atoms with Gasteiger partial charge in [-0.3, -0.25) is 14.5 Å². The number of hydrogen-bond donors (Lipinski definition) is 1. The number of hydrogen-bond acceptors (Lipinski definition) is 3. The van der Waals surface area contributed by atoms with Gasteiger partial charge in [0.1, 0.15) is 11.9 Å². The van der Waals surface area contributed by atoms with Crippen molar-refractivity contribution in [2.24, 2.45) is 5.73 Å². The lowest BCUT2D eigenvalue weighted by Gasteiger charge is -2.37. The fourth-order valence-corrected chi connectivity index (χ4v) is 2.32. The Hall–Kier alpha value is -1.95. The van der Waals surface area contributed by atoms with Crippen molar-refractivity contribution in [3.05, 3.63) is 35.6 Å². The molecule has 1 aliphatic rings. The minimum Gasteiger partial charge on any atom is -0.368 e. The van der Waals surface area contributed by atoms with Crippen LogP contribution >= 0.6 is 0 Å². The lowest BCUT2D eigenvalue weighted by Crippen LogP contribution is -2.58. The molecule has 1 fully saturated rings. The molecule has 1 aromatic rings. The maximum absolute atomic E-state index is 13.5. The van der Waals surface area contributed by atoms with Crippen LogP contribution < -0.4 is 5.73 Å². The Bertz CT molecular complexity index is 521. The van der Waals surface area contributed by atoms with E-state index in [2.05, 4.69) is 0 Å². The van der Waals surface area contributed by atoms with Gasteiger partial charge in [-0.2, -0.15) is 0 Å². The molecule has 0 saturated carbocycles. The van der Waals surface area contributed by atoms with Crippen LogP contribution in [0.5, 0.6) is 0 Å². The van der Waals surface area contributed by atoms with Gasteiger partial charge in [0.2, 0.25) is 11.8 Å². The van der Waals surface area contributed by atoms with Crippen LogP contribution in [-0.4, -0.2) is 54.3 Å². The summed E-state index contributed by atoms with van der Waals surface area (Å²) in [7, 11) is 1.80. The van der Waals surface area contributed by atoms with E-state index in [0.717, 1.165) is 0 Å². The van der Waals surface area contributed by atoms with Crippen LogP contribution in [-0.2, 0) is 16.0 Å². The van der Waals surface area contributed by atoms with Crippen molar-refractivity contribution in [1.29, 1.82) is 0 Å². The lowest BCUT2D eigenvalue weighted by molar-refractivity contribution is -0.136. The lowest BCUT2D eigenvalue weighted by atomic mass is 10.1. The molecule has 5 nitrogen and oxygen atoms in total. The molecule has 2 rings (SSSR count). The Morgan fingerprint density at radius 3 is 2.70 bits per heavy atom. The summed E-state index contributed by atoms with van der Waals surface area (Å²) in [6, 6.07) is 5.73. The molecule has 0 radical (unpaired) electrons. The van der Waals surface area contributed by atoms with Gasteiger partial charge in [-0.15, -0.1) is 0 Å². The molecule has 0 bridgehead atoms. The second-order valence-corrected chi connectivity index (χ2v) is 5.01. The van der Waals surface area contributed by atoms with Gasteiger partial charge in [0.15, 0.2) is 0 Å². The zero-order chi connectivity index (χ0) is 14.7. The number of amides is 2. The number of benzene rings is 1. The summed E-state index contributed by atoms with van der Waals surface area (Å²) in [6.45, 7) is 1.36. The number of rotatable bonds is 3. The summed E-state index contributed by atoms with van der Waals surface area (Å²) in [5.41, 5.74) is 5.69. The second kappa shape index (κ2) is 6.00. The fraction of sp³-hybridized carbons (Fsp3) is 0.429. The van der Waals surface area contributed by atoms with Gasteiger partial charge in [0.05, 0.1) is 6.42 Å². The minimum atomic E-state index is -0.478. The van der Waals surface area contributed by atoms with E-state index in [-0.39, 0.29) is 24.7 Å². The van der Waals surface area contributed by atoms with E-state index in [1.807, 2.05) is 4.90 Å². The van der Waals surface area contributed by atoms with Crippen molar-refractivity contribution in [3.8, 4) is 0 Å². The van der Waals surface area contributed by atoms with Gasteiger partial charge >= 0.3 is 0 Å². The van der Waals surface area contributed by atoms with Crippen molar-refractivity contribution in [3.63, 3.8) is 0 Å². The predicted octanol–water partition coefficient (Wildman–Crippen LogP) is -0.00390. The smallest absolute Gasteiger partial charge is 0.236 e. The zero-order valence-electron chi connectivity index (χ0n) is 11.4. The highest BCUT2D eigenvalue weighted by Gasteiger charge is 2.30. The molecule has 0 spiro atoms. The molecule has 1 aliphatic heterocycles. The Balaban J connectivity index is 2.03. The van der Waals surface area contributed by atoms with E-state index in [0.29, 0.717) is 18.7 Å². The first-order valence-corrected chi connectivity index (χ1v) is 6.49. The average molecular weight is 279 g/mol. The molecule has 1 heterocycles. The number of piperazine rings is 1. The van der Waals surface area contributed by atoms with Crippen molar-refractivity contribution in [2.75, 3.05) is 26.7 Å². The van der Waals surface area contributed by atoms with E-state index in [1.54, 1.807) is 30.1 Å². The van der Waals surface area contributed by atoms with Gasteiger partial charge in [-0.25, -0.2) is 4.39 Å². The third kappa shape index (κ3) is 3.14. The molecule has 0 aromatic heterocycles. The van der Waals surface area contributed by atoms with Crippen LogP contribution in [0.3, 0.4) is 0 Å². The first-order valence-electron chi connectivity index (χ1n) is 6.49. The highest BCUT2D eigenvalue weighted by molar-refractivity contribution is 5.83. The normalized spacial score (nSPS) is 19.9. The Labute approximate surface area is 117 Å². The molecule has 2 N–H and O–H groups in total. The van der Waals surface area contributed by atoms with Crippen LogP contribution in [0.15, 0.2) is 24.3 Å². The molecule has 0 unspecified atom stereocenters. The summed E-state index contributed by atoms with van der Waals surface area (Å²) < 4.78 is 13.5. The van der Waals surface area contributed by atoms with Crippen LogP contribution in [0.25, 0.3) is 0 Å². The fourth-order valence-electron chi connectivity index (χ4n) is 2.32. The van der Waals surface area contributed by atoms with E-state index in [9.17, 15) is 14.0 Å². The van der Waals surface area contributed by atoms with Gasteiger partial charge in [0.25, 0.3) is 0 Å². The van der Waals surface area contributed by atoms with E-state index < -0.39 is 11.9 Å². The molecular formula is C14H18FN3O2. The summed E-state index contributed by atoms with van der Waals surface area (Å²) in [6.07, 6.45) is 0.00185. The van der Waals surface area contributed by atoms with Crippen molar-refractivity contribution >= 4 is 11.8 Å². The molecular weight excluding hydrogens is 261 g/mol. The summed E-state index contributed by atoms with van der Waals surface area (Å²) in [4.78, 5) is 26.9. The quantitative estimate of drug-likeness (QED) is 0.846. The Morgan fingerprint density at radius 1 is 1.35 bits per heavy atom. The van der Waals surface area contributed by atoms with E-state index in [4.69, 9.17) is 5.73 Å². The largest absolute Gasteiger partial charge is 0.368 e. The SMILES string of the molecule is CN1CCN(C(=O)Cc2ccccc2F)C[C@@H]1C(N)=O. The maximum Gasteiger partial charge on any atom is 0.236 e. The maximum atomic E-state index is 13.5. The molecule has 1 saturated heterocycles.